The van der Waals surface area contributed by atoms with Gasteiger partial charge < -0.3 is 77.6 Å². The Bertz CT molecular complexity index is 3640. The number of nitrogens with one attached hydrogen (secondary N) is 4. The predicted octanol–water partition coefficient (Wildman–Crippen LogP) is 6.96. The Kier molecular flexibility index (Phi) is 28.3. The molecule has 87 heavy (non-hydrogen) atoms. The van der Waals surface area contributed by atoms with E-state index in [0.717, 1.165) is 55.5 Å². The summed E-state index contributed by atoms with van der Waals surface area (Å²) in [4.78, 5) is 110. The lowest BCUT2D eigenvalue weighted by molar-refractivity contribution is -0.135. The number of rotatable bonds is 12. The second-order valence-corrected chi connectivity index (χ2v) is 18.0. The molecule has 2 fully saturated rings. The van der Waals surface area contributed by atoms with Crippen molar-refractivity contribution in [2.75, 3.05) is 109 Å². The number of benzene rings is 2. The Morgan fingerprint density at radius 3 is 1.38 bits per heavy atom. The molecule has 6 aromatic heterocycles. The highest BCUT2D eigenvalue weighted by Gasteiger charge is 2.32. The van der Waals surface area contributed by atoms with Crippen LogP contribution in [0.1, 0.15) is 41.4 Å². The van der Waals surface area contributed by atoms with E-state index in [2.05, 4.69) is 59.5 Å². The van der Waals surface area contributed by atoms with E-state index in [9.17, 15) is 33.6 Å². The van der Waals surface area contributed by atoms with Crippen LogP contribution in [0.5, 0.6) is 34.9 Å². The monoisotopic (exact) mass is 1350 g/mol. The zero-order valence-electron chi connectivity index (χ0n) is 48.4. The molecule has 0 spiro atoms. The van der Waals surface area contributed by atoms with Gasteiger partial charge in [-0.05, 0) is 30.3 Å². The molecule has 0 unspecified atom stereocenters. The molecule has 4 N–H and O–H groups in total. The van der Waals surface area contributed by atoms with Crippen molar-refractivity contribution in [2.45, 2.75) is 0 Å². The molecule has 8 aromatic rings. The predicted molar refractivity (Wildman–Crippen MR) is 332 cm³/mol. The Balaban J connectivity index is 0.000000249. The maximum absolute atomic E-state index is 13.0. The number of ether oxygens (including phenoxy) is 9. The number of hydrogen-bond donors (Lipinski definition) is 4. The fraction of sp³-hybridized carbons (Fsp3) is 0.276. The molecule has 0 bridgehead atoms. The van der Waals surface area contributed by atoms with Gasteiger partial charge in [-0.1, -0.05) is 36.4 Å². The topological polar surface area (TPSA) is 310 Å². The van der Waals surface area contributed by atoms with Gasteiger partial charge in [0.05, 0.1) is 97.4 Å². The van der Waals surface area contributed by atoms with Gasteiger partial charge in [0.1, 0.15) is 39.9 Å². The van der Waals surface area contributed by atoms with Crippen molar-refractivity contribution in [3.63, 3.8) is 0 Å². The molecule has 29 heteroatoms. The molecule has 0 saturated carbocycles. The first kappa shape index (κ1) is 70.1. The lowest BCUT2D eigenvalue weighted by atomic mass is 10.1. The van der Waals surface area contributed by atoms with Gasteiger partial charge in [-0.2, -0.15) is 0 Å². The summed E-state index contributed by atoms with van der Waals surface area (Å²) in [5.41, 5.74) is 3.56. The molecule has 26 nitrogen and oxygen atoms in total. The number of aromatic nitrogens is 6. The third-order valence-electron chi connectivity index (χ3n) is 12.7. The van der Waals surface area contributed by atoms with E-state index < -0.39 is 29.6 Å². The van der Waals surface area contributed by atoms with Crippen LogP contribution >= 0.6 is 47.4 Å². The van der Waals surface area contributed by atoms with Crippen molar-refractivity contribution >= 4 is 122 Å². The minimum Gasteiger partial charge on any atom is -0.494 e. The summed E-state index contributed by atoms with van der Waals surface area (Å²) in [6, 6.07) is 20.4. The molecule has 0 atom stereocenters. The van der Waals surface area contributed by atoms with Gasteiger partial charge in [0.25, 0.3) is 29.3 Å². The number of pyridine rings is 3. The fourth-order valence-corrected chi connectivity index (χ4v) is 8.67. The standard InChI is InChI=1S/C22H22N4O5.C12H12N2O5.C11H14N2O.C9H10N2O2.C4H3IO3.2ClH/c1-30-16-13-24-20(31-2)18-17(16)15(12-23-18)19(27)22(29)26-10-8-25(9-11-26)21(28)14-6-4-3-5-7-14;1-17-7-5-14-11(18-2)9-8(7)6(4-13-9)10(15)12(16)19-3;14-11(10-4-2-1-3-5-10)13-8-6-12-7-9-13;1-12-7-5-11-9(13-2)8-6(7)3-4-10-8;1-7-4(6)8-3-2-5;;/h3-7,12-13,23H,8-11H2,1-2H3;4-5,13H,1-3H3;1-5,12H,6-9H2;3-5,10H,1-2H3;1H3;2*1H. The normalized spacial score (nSPS) is 12.0. The molecule has 10 rings (SSSR count). The Morgan fingerprint density at radius 1 is 0.506 bits per heavy atom. The number of ketones is 2. The van der Waals surface area contributed by atoms with Gasteiger partial charge in [0.2, 0.25) is 17.6 Å². The summed E-state index contributed by atoms with van der Waals surface area (Å²) in [5.74, 6) is -0.249. The minimum absolute atomic E-state index is 0. The van der Waals surface area contributed by atoms with E-state index in [4.69, 9.17) is 28.4 Å². The lowest BCUT2D eigenvalue weighted by Crippen LogP contribution is -2.52. The molecule has 0 aliphatic carbocycles. The van der Waals surface area contributed by atoms with E-state index >= 15 is 0 Å². The molecule has 8 heterocycles. The summed E-state index contributed by atoms with van der Waals surface area (Å²) < 4.78 is 46.0. The third kappa shape index (κ3) is 17.6. The fourth-order valence-electron chi connectivity index (χ4n) is 8.56. The van der Waals surface area contributed by atoms with Crippen molar-refractivity contribution in [3.8, 4) is 44.9 Å². The molecular formula is C58H63Cl2IN10O16. The van der Waals surface area contributed by atoms with E-state index in [0.29, 0.717) is 69.6 Å². The van der Waals surface area contributed by atoms with E-state index in [1.807, 2.05) is 65.7 Å². The van der Waals surface area contributed by atoms with Gasteiger partial charge in [-0.15, -0.1) is 24.8 Å². The average molecular weight is 1350 g/mol. The average Bonchev–Trinajstić information content (AvgIpc) is 2.92. The second-order valence-electron chi connectivity index (χ2n) is 17.4. The number of methoxy groups -OCH3 is 8. The highest BCUT2D eigenvalue weighted by Crippen LogP contribution is 2.35. The van der Waals surface area contributed by atoms with Gasteiger partial charge in [-0.25, -0.2) is 24.5 Å². The highest BCUT2D eigenvalue weighted by atomic mass is 127. The number of esters is 1. The molecule has 3 amide bonds. The minimum atomic E-state index is -0.946. The molecule has 2 aromatic carbocycles. The van der Waals surface area contributed by atoms with Crippen molar-refractivity contribution in [3.05, 3.63) is 126 Å². The third-order valence-corrected chi connectivity index (χ3v) is 13.0. The maximum atomic E-state index is 13.0. The molecule has 2 aliphatic rings. The zero-order valence-corrected chi connectivity index (χ0v) is 52.2. The SMILES string of the molecule is COC(=O)C(=O)c1c[nH]c2c(OC)ncc(OC)c12.COC(=O)OC#CI.COc1cnc(OC)c2[nH]ccc12.COc1ncc(OC)c2c(C(=O)C(=O)N3CCN(C(=O)c4ccccc4)CC3)c[nH]c12.Cl.Cl.O=C(c1ccccc1)N1CCNCC1. The van der Waals surface area contributed by atoms with Crippen LogP contribution in [-0.2, 0) is 23.8 Å². The summed E-state index contributed by atoms with van der Waals surface area (Å²) in [7, 11) is 11.4. The second kappa shape index (κ2) is 35.2. The first-order valence-corrected chi connectivity index (χ1v) is 26.7. The molecule has 462 valence electrons. The van der Waals surface area contributed by atoms with E-state index in [-0.39, 0.29) is 60.8 Å². The van der Waals surface area contributed by atoms with Gasteiger partial charge in [-0.3, -0.25) is 24.0 Å². The first-order chi connectivity index (χ1) is 41.2. The summed E-state index contributed by atoms with van der Waals surface area (Å²) in [6.07, 6.45) is 10.5. The quantitative estimate of drug-likeness (QED) is 0.0316. The summed E-state index contributed by atoms with van der Waals surface area (Å²) in [5, 5.41) is 5.09. The molecule has 2 saturated heterocycles. The van der Waals surface area contributed by atoms with Gasteiger partial charge in [0.15, 0.2) is 0 Å². The summed E-state index contributed by atoms with van der Waals surface area (Å²) in [6.45, 7) is 4.73. The van der Waals surface area contributed by atoms with Gasteiger partial charge >= 0.3 is 12.1 Å². The van der Waals surface area contributed by atoms with Crippen LogP contribution in [0.3, 0.4) is 0 Å². The number of nitrogens with zero attached hydrogens (tertiary/aromatic N) is 6. The molecular weight excluding hydrogens is 1290 g/mol. The van der Waals surface area contributed by atoms with Crippen LogP contribution in [0.25, 0.3) is 32.7 Å². The highest BCUT2D eigenvalue weighted by molar-refractivity contribution is 14.1. The Labute approximate surface area is 525 Å². The van der Waals surface area contributed by atoms with E-state index in [1.165, 1.54) is 65.2 Å². The van der Waals surface area contributed by atoms with Crippen LogP contribution < -0.4 is 33.7 Å². The number of carbonyl (C=O) groups is 7. The van der Waals surface area contributed by atoms with Crippen LogP contribution in [0.2, 0.25) is 0 Å². The van der Waals surface area contributed by atoms with Crippen LogP contribution in [0, 0.1) is 10.0 Å². The van der Waals surface area contributed by atoms with Gasteiger partial charge in [0, 0.05) is 114 Å². The van der Waals surface area contributed by atoms with Crippen molar-refractivity contribution in [1.29, 1.82) is 0 Å². The van der Waals surface area contributed by atoms with Crippen LogP contribution in [-0.4, -0.2) is 195 Å². The lowest BCUT2D eigenvalue weighted by Gasteiger charge is -2.34. The molecule has 2 aliphatic heterocycles. The van der Waals surface area contributed by atoms with Crippen molar-refractivity contribution in [1.82, 2.24) is 49.9 Å². The zero-order chi connectivity index (χ0) is 61.4. The number of H-pyrrole nitrogens is 3. The number of hydrogen-bond acceptors (Lipinski definition) is 20. The number of Topliss-reactive ketones (excluding diaryl/α,β-unsaturated/α-hetero) is 2. The van der Waals surface area contributed by atoms with E-state index in [1.54, 1.807) is 60.0 Å². The maximum Gasteiger partial charge on any atom is 0.522 e. The number of fused-ring (bicyclic) bond motifs is 3. The largest absolute Gasteiger partial charge is 0.522 e. The number of piperazine rings is 2. The smallest absolute Gasteiger partial charge is 0.494 e. The molecule has 0 radical (unpaired) electrons. The van der Waals surface area contributed by atoms with Crippen molar-refractivity contribution < 1.29 is 76.2 Å². The van der Waals surface area contributed by atoms with Crippen LogP contribution in [0.4, 0.5) is 4.79 Å². The number of carbonyl (C=O) groups excluding carboxylic acids is 7. The van der Waals surface area contributed by atoms with Crippen LogP contribution in [0.15, 0.2) is 104 Å². The number of halogens is 3. The number of amides is 3. The summed E-state index contributed by atoms with van der Waals surface area (Å²) >= 11 is 1.74. The Morgan fingerprint density at radius 2 is 0.943 bits per heavy atom. The van der Waals surface area contributed by atoms with Crippen molar-refractivity contribution in [2.24, 2.45) is 0 Å². The Hall–Kier alpha value is -9.37. The first-order valence-electron chi connectivity index (χ1n) is 25.6. The number of aromatic amines is 3.